The zero-order valence-corrected chi connectivity index (χ0v) is 16.8. The van der Waals surface area contributed by atoms with E-state index in [1.54, 1.807) is 60.7 Å². The van der Waals surface area contributed by atoms with E-state index in [1.165, 1.54) is 0 Å². The standard InChI is InChI=1S/C20H19ClO7S/c21-13-29(24,25)28-17-11-16(12-26-19(22)14-7-3-1-4-8-14)18(17)27-20(23)15-9-5-2-6-10-15/h1-10,16-18H,11-13H2. The van der Waals surface area contributed by atoms with Gasteiger partial charge in [0.2, 0.25) is 0 Å². The number of benzene rings is 2. The van der Waals surface area contributed by atoms with E-state index in [0.29, 0.717) is 11.1 Å². The third kappa shape index (κ3) is 5.56. The quantitative estimate of drug-likeness (QED) is 0.355. The molecule has 0 N–H and O–H groups in total. The summed E-state index contributed by atoms with van der Waals surface area (Å²) in [7, 11) is -3.94. The number of rotatable bonds is 8. The first kappa shape index (κ1) is 21.3. The van der Waals surface area contributed by atoms with E-state index < -0.39 is 45.4 Å². The third-order valence-corrected chi connectivity index (χ3v) is 6.07. The van der Waals surface area contributed by atoms with E-state index in [0.717, 1.165) is 0 Å². The predicted octanol–water partition coefficient (Wildman–Crippen LogP) is 3.00. The molecule has 2 aromatic carbocycles. The number of alkyl halides is 1. The van der Waals surface area contributed by atoms with E-state index in [4.69, 9.17) is 25.3 Å². The Bertz CT molecular complexity index is 947. The molecule has 0 aliphatic heterocycles. The molecule has 1 aliphatic carbocycles. The molecule has 2 aromatic rings. The highest BCUT2D eigenvalue weighted by atomic mass is 35.5. The first-order valence-corrected chi connectivity index (χ1v) is 11.0. The zero-order chi connectivity index (χ0) is 20.9. The van der Waals surface area contributed by atoms with Crippen molar-refractivity contribution in [3.05, 3.63) is 71.8 Å². The summed E-state index contributed by atoms with van der Waals surface area (Å²) in [5.74, 6) is -1.53. The molecule has 0 amide bonds. The minimum absolute atomic E-state index is 0.0404. The Labute approximate surface area is 173 Å². The van der Waals surface area contributed by atoms with Gasteiger partial charge in [-0.15, -0.1) is 11.6 Å². The zero-order valence-electron chi connectivity index (χ0n) is 15.3. The van der Waals surface area contributed by atoms with Gasteiger partial charge in [-0.1, -0.05) is 36.4 Å². The molecule has 0 saturated heterocycles. The second kappa shape index (κ2) is 9.39. The molecule has 1 aliphatic rings. The van der Waals surface area contributed by atoms with Crippen molar-refractivity contribution >= 4 is 33.7 Å². The number of carbonyl (C=O) groups excluding carboxylic acids is 2. The Morgan fingerprint density at radius 1 is 0.931 bits per heavy atom. The van der Waals surface area contributed by atoms with Crippen LogP contribution in [0, 0.1) is 5.92 Å². The first-order valence-electron chi connectivity index (χ1n) is 8.85. The van der Waals surface area contributed by atoms with Gasteiger partial charge in [0, 0.05) is 5.92 Å². The molecule has 29 heavy (non-hydrogen) atoms. The van der Waals surface area contributed by atoms with Gasteiger partial charge in [-0.3, -0.25) is 4.18 Å². The topological polar surface area (TPSA) is 96.0 Å². The van der Waals surface area contributed by atoms with Crippen LogP contribution in [0.3, 0.4) is 0 Å². The minimum atomic E-state index is -3.94. The molecular weight excluding hydrogens is 420 g/mol. The van der Waals surface area contributed by atoms with Crippen molar-refractivity contribution in [2.45, 2.75) is 18.6 Å². The monoisotopic (exact) mass is 438 g/mol. The maximum absolute atomic E-state index is 12.4. The molecule has 0 bridgehead atoms. The van der Waals surface area contributed by atoms with Crippen LogP contribution in [-0.4, -0.2) is 44.4 Å². The molecule has 7 nitrogen and oxygen atoms in total. The minimum Gasteiger partial charge on any atom is -0.462 e. The van der Waals surface area contributed by atoms with Crippen molar-refractivity contribution in [1.29, 1.82) is 0 Å². The van der Waals surface area contributed by atoms with E-state index >= 15 is 0 Å². The second-order valence-corrected chi connectivity index (χ2v) is 8.68. The first-order chi connectivity index (χ1) is 13.9. The highest BCUT2D eigenvalue weighted by Gasteiger charge is 2.48. The number of halogens is 1. The molecule has 154 valence electrons. The highest BCUT2D eigenvalue weighted by molar-refractivity contribution is 7.87. The normalized spacial score (nSPS) is 21.1. The SMILES string of the molecule is O=C(OCC1CC(OS(=O)(=O)CCl)C1OC(=O)c1ccccc1)c1ccccc1. The summed E-state index contributed by atoms with van der Waals surface area (Å²) >= 11 is 5.38. The molecule has 9 heteroatoms. The largest absolute Gasteiger partial charge is 0.462 e. The number of hydrogen-bond donors (Lipinski definition) is 0. The molecule has 1 saturated carbocycles. The average molecular weight is 439 g/mol. The van der Waals surface area contributed by atoms with E-state index in [-0.39, 0.29) is 13.0 Å². The Hall–Kier alpha value is -2.42. The van der Waals surface area contributed by atoms with E-state index in [1.807, 2.05) is 0 Å². The molecule has 3 unspecified atom stereocenters. The molecule has 0 heterocycles. The van der Waals surface area contributed by atoms with Crippen molar-refractivity contribution < 1.29 is 31.7 Å². The Morgan fingerprint density at radius 3 is 2.03 bits per heavy atom. The van der Waals surface area contributed by atoms with Gasteiger partial charge in [0.25, 0.3) is 10.1 Å². The number of hydrogen-bond acceptors (Lipinski definition) is 7. The molecular formula is C20H19ClO7S. The van der Waals surface area contributed by atoms with Gasteiger partial charge < -0.3 is 9.47 Å². The summed E-state index contributed by atoms with van der Waals surface area (Å²) in [5.41, 5.74) is 0.709. The summed E-state index contributed by atoms with van der Waals surface area (Å²) in [5, 5.41) is -0.712. The Kier molecular flexibility index (Phi) is 6.89. The van der Waals surface area contributed by atoms with Crippen molar-refractivity contribution in [2.75, 3.05) is 11.8 Å². The van der Waals surface area contributed by atoms with Gasteiger partial charge >= 0.3 is 11.9 Å². The Morgan fingerprint density at radius 2 is 1.48 bits per heavy atom. The van der Waals surface area contributed by atoms with Gasteiger partial charge in [0.15, 0.2) is 0 Å². The Balaban J connectivity index is 1.65. The van der Waals surface area contributed by atoms with Crippen LogP contribution >= 0.6 is 11.6 Å². The fourth-order valence-electron chi connectivity index (χ4n) is 2.92. The van der Waals surface area contributed by atoms with Gasteiger partial charge in [0.1, 0.15) is 17.4 Å². The molecule has 0 radical (unpaired) electrons. The smallest absolute Gasteiger partial charge is 0.338 e. The fourth-order valence-corrected chi connectivity index (χ4v) is 3.69. The van der Waals surface area contributed by atoms with Crippen LogP contribution in [0.4, 0.5) is 0 Å². The molecule has 0 aromatic heterocycles. The summed E-state index contributed by atoms with van der Waals surface area (Å²) in [6.45, 7) is -0.0404. The maximum Gasteiger partial charge on any atom is 0.338 e. The summed E-state index contributed by atoms with van der Waals surface area (Å²) in [6, 6.07) is 16.7. The van der Waals surface area contributed by atoms with Crippen LogP contribution < -0.4 is 0 Å². The van der Waals surface area contributed by atoms with E-state index in [2.05, 4.69) is 0 Å². The van der Waals surface area contributed by atoms with Gasteiger partial charge in [-0.25, -0.2) is 9.59 Å². The highest BCUT2D eigenvalue weighted by Crippen LogP contribution is 2.36. The average Bonchev–Trinajstić information content (AvgIpc) is 2.74. The molecule has 1 fully saturated rings. The molecule has 3 rings (SSSR count). The van der Waals surface area contributed by atoms with Crippen LogP contribution in [-0.2, 0) is 23.8 Å². The lowest BCUT2D eigenvalue weighted by Crippen LogP contribution is -2.53. The van der Waals surface area contributed by atoms with Crippen molar-refractivity contribution in [3.8, 4) is 0 Å². The van der Waals surface area contributed by atoms with Crippen LogP contribution in [0.25, 0.3) is 0 Å². The van der Waals surface area contributed by atoms with Crippen LogP contribution in [0.2, 0.25) is 0 Å². The predicted molar refractivity (Wildman–Crippen MR) is 105 cm³/mol. The second-order valence-electron chi connectivity index (χ2n) is 6.50. The fraction of sp³-hybridized carbons (Fsp3) is 0.300. The lowest BCUT2D eigenvalue weighted by molar-refractivity contribution is -0.112. The molecule has 3 atom stereocenters. The third-order valence-electron chi connectivity index (χ3n) is 4.46. The summed E-state index contributed by atoms with van der Waals surface area (Å²) < 4.78 is 39.1. The summed E-state index contributed by atoms with van der Waals surface area (Å²) in [4.78, 5) is 24.5. The molecule has 0 spiro atoms. The van der Waals surface area contributed by atoms with Crippen LogP contribution in [0.5, 0.6) is 0 Å². The van der Waals surface area contributed by atoms with Crippen molar-refractivity contribution in [1.82, 2.24) is 0 Å². The summed E-state index contributed by atoms with van der Waals surface area (Å²) in [6.07, 6.45) is -1.53. The van der Waals surface area contributed by atoms with E-state index in [9.17, 15) is 18.0 Å². The lowest BCUT2D eigenvalue weighted by atomic mass is 9.79. The number of carbonyl (C=O) groups is 2. The van der Waals surface area contributed by atoms with Crippen molar-refractivity contribution in [2.24, 2.45) is 5.92 Å². The maximum atomic E-state index is 12.4. The van der Waals surface area contributed by atoms with Crippen molar-refractivity contribution in [3.63, 3.8) is 0 Å². The van der Waals surface area contributed by atoms with Crippen LogP contribution in [0.1, 0.15) is 27.1 Å². The van der Waals surface area contributed by atoms with Gasteiger partial charge in [0.05, 0.1) is 17.7 Å². The number of ether oxygens (including phenoxy) is 2. The van der Waals surface area contributed by atoms with Gasteiger partial charge in [-0.05, 0) is 30.7 Å². The van der Waals surface area contributed by atoms with Gasteiger partial charge in [-0.2, -0.15) is 8.42 Å². The number of esters is 2. The van der Waals surface area contributed by atoms with Crippen LogP contribution in [0.15, 0.2) is 60.7 Å². The lowest BCUT2D eigenvalue weighted by Gasteiger charge is -2.42.